The molecule has 2 fully saturated rings. The van der Waals surface area contributed by atoms with E-state index in [1.807, 2.05) is 30.7 Å². The summed E-state index contributed by atoms with van der Waals surface area (Å²) >= 11 is 1.73. The highest BCUT2D eigenvalue weighted by molar-refractivity contribution is 7.99. The van der Waals surface area contributed by atoms with E-state index in [9.17, 15) is 4.39 Å². The second-order valence-corrected chi connectivity index (χ2v) is 9.59. The number of aryl methyl sites for hydroxylation is 1. The minimum absolute atomic E-state index is 0.148. The maximum Gasteiger partial charge on any atom is 0.202 e. The second kappa shape index (κ2) is 7.81. The van der Waals surface area contributed by atoms with Gasteiger partial charge in [-0.3, -0.25) is 0 Å². The van der Waals surface area contributed by atoms with Gasteiger partial charge in [-0.25, -0.2) is 9.37 Å². The Morgan fingerprint density at radius 3 is 2.87 bits per heavy atom. The lowest BCUT2D eigenvalue weighted by Gasteiger charge is -2.16. The van der Waals surface area contributed by atoms with E-state index >= 15 is 0 Å². The van der Waals surface area contributed by atoms with Gasteiger partial charge in [0.2, 0.25) is 5.82 Å². The van der Waals surface area contributed by atoms with E-state index in [4.69, 9.17) is 4.42 Å². The Labute approximate surface area is 179 Å². The van der Waals surface area contributed by atoms with E-state index < -0.39 is 0 Å². The highest BCUT2D eigenvalue weighted by Gasteiger charge is 2.57. The van der Waals surface area contributed by atoms with Crippen LogP contribution in [-0.4, -0.2) is 50.0 Å². The van der Waals surface area contributed by atoms with Gasteiger partial charge >= 0.3 is 0 Å². The molecule has 3 aromatic rings. The average molecular weight is 428 g/mol. The van der Waals surface area contributed by atoms with Gasteiger partial charge in [0.05, 0.1) is 5.69 Å². The predicted octanol–water partition coefficient (Wildman–Crippen LogP) is 4.28. The molecule has 30 heavy (non-hydrogen) atoms. The molecule has 5 rings (SSSR count). The fourth-order valence-electron chi connectivity index (χ4n) is 4.75. The normalized spacial score (nSPS) is 23.5. The zero-order valence-corrected chi connectivity index (χ0v) is 18.2. The van der Waals surface area contributed by atoms with Gasteiger partial charge in [-0.1, -0.05) is 23.9 Å². The summed E-state index contributed by atoms with van der Waals surface area (Å²) in [6.07, 6.45) is 5.05. The van der Waals surface area contributed by atoms with Crippen LogP contribution >= 0.6 is 11.8 Å². The molecule has 158 valence electrons. The lowest BCUT2D eigenvalue weighted by atomic mass is 9.98. The predicted molar refractivity (Wildman–Crippen MR) is 114 cm³/mol. The Balaban J connectivity index is 1.09. The van der Waals surface area contributed by atoms with Crippen molar-refractivity contribution in [3.05, 3.63) is 47.7 Å². The van der Waals surface area contributed by atoms with Crippen molar-refractivity contribution in [2.24, 2.45) is 12.5 Å². The third-order valence-electron chi connectivity index (χ3n) is 6.56. The number of rotatable bonds is 7. The van der Waals surface area contributed by atoms with Crippen LogP contribution in [0.15, 0.2) is 40.2 Å². The monoisotopic (exact) mass is 427 g/mol. The summed E-state index contributed by atoms with van der Waals surface area (Å²) in [4.78, 5) is 6.72. The van der Waals surface area contributed by atoms with Crippen molar-refractivity contribution < 1.29 is 8.81 Å². The Morgan fingerprint density at radius 1 is 1.27 bits per heavy atom. The van der Waals surface area contributed by atoms with Crippen LogP contribution in [-0.2, 0) is 7.05 Å². The minimum atomic E-state index is -0.148. The molecule has 0 radical (unpaired) electrons. The summed E-state index contributed by atoms with van der Waals surface area (Å²) < 4.78 is 20.6. The van der Waals surface area contributed by atoms with Crippen molar-refractivity contribution in [3.63, 3.8) is 0 Å². The van der Waals surface area contributed by atoms with Crippen molar-refractivity contribution in [1.82, 2.24) is 24.6 Å². The molecule has 1 saturated heterocycles. The summed E-state index contributed by atoms with van der Waals surface area (Å²) in [6.45, 7) is 5.35. The summed E-state index contributed by atoms with van der Waals surface area (Å²) in [5.74, 6) is 2.86. The number of halogens is 1. The van der Waals surface area contributed by atoms with Crippen molar-refractivity contribution >= 4 is 11.8 Å². The van der Waals surface area contributed by atoms with E-state index in [1.54, 1.807) is 23.9 Å². The topological polar surface area (TPSA) is 60.0 Å². The molecule has 0 N–H and O–H groups in total. The Bertz CT molecular complexity index is 1030. The number of benzene rings is 1. The summed E-state index contributed by atoms with van der Waals surface area (Å²) in [5.41, 5.74) is 2.55. The van der Waals surface area contributed by atoms with Gasteiger partial charge in [0.25, 0.3) is 0 Å². The molecule has 2 aromatic heterocycles. The average Bonchev–Trinajstić information content (AvgIpc) is 3.03. The largest absolute Gasteiger partial charge is 0.440 e. The second-order valence-electron chi connectivity index (χ2n) is 8.53. The number of aromatic nitrogens is 4. The van der Waals surface area contributed by atoms with Gasteiger partial charge < -0.3 is 13.9 Å². The highest BCUT2D eigenvalue weighted by Crippen LogP contribution is 2.64. The lowest BCUT2D eigenvalue weighted by Crippen LogP contribution is -2.23. The third-order valence-corrected chi connectivity index (χ3v) is 7.67. The molecular weight excluding hydrogens is 401 g/mol. The molecular formula is C22H26FN5OS. The molecule has 6 nitrogen and oxygen atoms in total. The molecule has 1 unspecified atom stereocenters. The molecule has 3 heterocycles. The van der Waals surface area contributed by atoms with Crippen LogP contribution in [0, 0.1) is 18.2 Å². The van der Waals surface area contributed by atoms with E-state index in [1.165, 1.54) is 37.9 Å². The Hall–Kier alpha value is -2.19. The number of hydrogen-bond acceptors (Lipinski definition) is 6. The standard InChI is InChI=1S/C22H26FN5OS/c1-15-19(29-14-24-15)20-25-26-21(27(20)2)30-11-3-9-28-10-8-22(13-28)12-18(22)16-4-6-17(23)7-5-16/h4-7,14,18H,3,8-13H2,1-2H3/t18-,22?/m1/s1. The first kappa shape index (κ1) is 19.8. The van der Waals surface area contributed by atoms with E-state index in [-0.39, 0.29) is 5.82 Å². The van der Waals surface area contributed by atoms with Crippen LogP contribution in [0.25, 0.3) is 11.6 Å². The molecule has 1 aliphatic carbocycles. The Morgan fingerprint density at radius 2 is 2.10 bits per heavy atom. The zero-order chi connectivity index (χ0) is 20.7. The van der Waals surface area contributed by atoms with Crippen LogP contribution in [0.4, 0.5) is 4.39 Å². The maximum absolute atomic E-state index is 13.2. The Kier molecular flexibility index (Phi) is 5.14. The van der Waals surface area contributed by atoms with Crippen LogP contribution in [0.5, 0.6) is 0 Å². The van der Waals surface area contributed by atoms with Gasteiger partial charge in [-0.15, -0.1) is 10.2 Å². The molecule has 0 bridgehead atoms. The first-order chi connectivity index (χ1) is 14.6. The summed E-state index contributed by atoms with van der Waals surface area (Å²) in [7, 11) is 1.96. The van der Waals surface area contributed by atoms with Gasteiger partial charge in [0, 0.05) is 19.3 Å². The first-order valence-corrected chi connectivity index (χ1v) is 11.4. The van der Waals surface area contributed by atoms with Crippen molar-refractivity contribution in [2.45, 2.75) is 37.3 Å². The van der Waals surface area contributed by atoms with Crippen molar-refractivity contribution in [2.75, 3.05) is 25.4 Å². The van der Waals surface area contributed by atoms with Crippen molar-refractivity contribution in [3.8, 4) is 11.6 Å². The van der Waals surface area contributed by atoms with Gasteiger partial charge in [0.1, 0.15) is 5.82 Å². The quantitative estimate of drug-likeness (QED) is 0.414. The van der Waals surface area contributed by atoms with Crippen molar-refractivity contribution in [1.29, 1.82) is 0 Å². The minimum Gasteiger partial charge on any atom is -0.440 e. The molecule has 1 aromatic carbocycles. The zero-order valence-electron chi connectivity index (χ0n) is 17.3. The number of hydrogen-bond donors (Lipinski definition) is 0. The maximum atomic E-state index is 13.2. The number of oxazole rings is 1. The van der Waals surface area contributed by atoms with Crippen LogP contribution in [0.1, 0.15) is 36.4 Å². The van der Waals surface area contributed by atoms with E-state index in [2.05, 4.69) is 20.1 Å². The van der Waals surface area contributed by atoms with Gasteiger partial charge in [0.15, 0.2) is 17.3 Å². The molecule has 2 aliphatic rings. The molecule has 8 heteroatoms. The fraction of sp³-hybridized carbons (Fsp3) is 0.500. The summed E-state index contributed by atoms with van der Waals surface area (Å²) in [6, 6.07) is 7.10. The number of nitrogens with zero attached hydrogens (tertiary/aromatic N) is 5. The van der Waals surface area contributed by atoms with Gasteiger partial charge in [-0.05, 0) is 68.3 Å². The van der Waals surface area contributed by atoms with Crippen LogP contribution in [0.3, 0.4) is 0 Å². The molecule has 0 amide bonds. The third kappa shape index (κ3) is 3.67. The van der Waals surface area contributed by atoms with E-state index in [0.717, 1.165) is 35.4 Å². The van der Waals surface area contributed by atoms with E-state index in [0.29, 0.717) is 17.1 Å². The SMILES string of the molecule is Cc1ncoc1-c1nnc(SCCCN2CCC3(C[C@@H]3c3ccc(F)cc3)C2)n1C. The molecule has 1 aliphatic heterocycles. The van der Waals surface area contributed by atoms with Crippen LogP contribution < -0.4 is 0 Å². The molecule has 1 saturated carbocycles. The highest BCUT2D eigenvalue weighted by atomic mass is 32.2. The van der Waals surface area contributed by atoms with Gasteiger partial charge in [-0.2, -0.15) is 0 Å². The molecule has 2 atom stereocenters. The fourth-order valence-corrected chi connectivity index (χ4v) is 5.58. The first-order valence-electron chi connectivity index (χ1n) is 10.5. The molecule has 1 spiro atoms. The smallest absolute Gasteiger partial charge is 0.202 e. The number of likely N-dealkylation sites (tertiary alicyclic amines) is 1. The lowest BCUT2D eigenvalue weighted by molar-refractivity contribution is 0.319. The summed E-state index contributed by atoms with van der Waals surface area (Å²) in [5, 5.41) is 9.48. The van der Waals surface area contributed by atoms with Crippen LogP contribution in [0.2, 0.25) is 0 Å². The number of thioether (sulfide) groups is 1.